The highest BCUT2D eigenvalue weighted by Crippen LogP contribution is 2.36. The zero-order valence-electron chi connectivity index (χ0n) is 10.8. The van der Waals surface area contributed by atoms with Gasteiger partial charge in [0.25, 0.3) is 0 Å². The Morgan fingerprint density at radius 3 is 2.72 bits per heavy atom. The molecule has 0 radical (unpaired) electrons. The summed E-state index contributed by atoms with van der Waals surface area (Å²) in [4.78, 5) is 7.16. The number of nitrogens with one attached hydrogen (secondary N) is 1. The van der Waals surface area contributed by atoms with Crippen molar-refractivity contribution in [3.8, 4) is 0 Å². The summed E-state index contributed by atoms with van der Waals surface area (Å²) >= 11 is 6.26. The van der Waals surface area contributed by atoms with E-state index in [0.29, 0.717) is 0 Å². The predicted octanol–water partition coefficient (Wildman–Crippen LogP) is 3.15. The van der Waals surface area contributed by atoms with Gasteiger partial charge in [-0.3, -0.25) is 4.90 Å². The maximum Gasteiger partial charge on any atom is 0.126 e. The molecular formula is C14H20ClN3. The van der Waals surface area contributed by atoms with Crippen molar-refractivity contribution >= 4 is 17.4 Å². The van der Waals surface area contributed by atoms with Crippen molar-refractivity contribution in [2.75, 3.05) is 18.9 Å². The smallest absolute Gasteiger partial charge is 0.126 e. The number of aromatic nitrogens is 1. The van der Waals surface area contributed by atoms with Gasteiger partial charge in [0, 0.05) is 26.2 Å². The van der Waals surface area contributed by atoms with Gasteiger partial charge in [0.2, 0.25) is 0 Å². The van der Waals surface area contributed by atoms with Crippen LogP contribution < -0.4 is 5.32 Å². The van der Waals surface area contributed by atoms with Crippen molar-refractivity contribution in [2.24, 2.45) is 5.92 Å². The summed E-state index contributed by atoms with van der Waals surface area (Å²) in [6, 6.07) is 4.65. The first-order valence-electron chi connectivity index (χ1n) is 6.83. The largest absolute Gasteiger partial charge is 0.373 e. The monoisotopic (exact) mass is 265 g/mol. The van der Waals surface area contributed by atoms with Gasteiger partial charge in [0.1, 0.15) is 5.82 Å². The number of anilines is 1. The molecule has 3 rings (SSSR count). The molecule has 0 aliphatic heterocycles. The van der Waals surface area contributed by atoms with E-state index in [1.165, 1.54) is 32.2 Å². The lowest BCUT2D eigenvalue weighted by Gasteiger charge is -2.22. The minimum atomic E-state index is 0.779. The van der Waals surface area contributed by atoms with Crippen molar-refractivity contribution in [3.05, 3.63) is 22.8 Å². The van der Waals surface area contributed by atoms with Crippen LogP contribution in [0.3, 0.4) is 0 Å². The summed E-state index contributed by atoms with van der Waals surface area (Å²) < 4.78 is 0. The Hall–Kier alpha value is -0.800. The predicted molar refractivity (Wildman–Crippen MR) is 74.9 cm³/mol. The number of hydrogen-bond acceptors (Lipinski definition) is 3. The Morgan fingerprint density at radius 1 is 1.33 bits per heavy atom. The Kier molecular flexibility index (Phi) is 3.44. The normalized spacial score (nSPS) is 19.3. The molecule has 0 amide bonds. The fourth-order valence-electron chi connectivity index (χ4n) is 2.34. The van der Waals surface area contributed by atoms with Gasteiger partial charge in [-0.25, -0.2) is 4.98 Å². The zero-order valence-corrected chi connectivity index (χ0v) is 11.6. The highest BCUT2D eigenvalue weighted by atomic mass is 35.5. The molecule has 2 saturated carbocycles. The summed E-state index contributed by atoms with van der Waals surface area (Å²) in [5, 5.41) is 3.86. The molecule has 0 bridgehead atoms. The van der Waals surface area contributed by atoms with E-state index in [1.54, 1.807) is 0 Å². The minimum absolute atomic E-state index is 0.779. The topological polar surface area (TPSA) is 28.2 Å². The van der Waals surface area contributed by atoms with Crippen molar-refractivity contribution in [2.45, 2.75) is 38.3 Å². The number of rotatable bonds is 6. The van der Waals surface area contributed by atoms with Crippen LogP contribution in [0.4, 0.5) is 5.82 Å². The Morgan fingerprint density at radius 2 is 2.11 bits per heavy atom. The van der Waals surface area contributed by atoms with Crippen molar-refractivity contribution in [1.82, 2.24) is 9.88 Å². The summed E-state index contributed by atoms with van der Waals surface area (Å²) in [6.07, 6.45) is 5.49. The first-order valence-corrected chi connectivity index (χ1v) is 7.21. The van der Waals surface area contributed by atoms with Gasteiger partial charge in [-0.2, -0.15) is 0 Å². The van der Waals surface area contributed by atoms with Gasteiger partial charge < -0.3 is 5.32 Å². The van der Waals surface area contributed by atoms with Crippen LogP contribution in [0, 0.1) is 5.92 Å². The molecule has 0 saturated heterocycles. The fraction of sp³-hybridized carbons (Fsp3) is 0.643. The van der Waals surface area contributed by atoms with Crippen LogP contribution in [-0.2, 0) is 6.54 Å². The van der Waals surface area contributed by atoms with E-state index in [0.717, 1.165) is 35.0 Å². The van der Waals surface area contributed by atoms with Crippen LogP contribution in [0.25, 0.3) is 0 Å². The molecule has 2 aliphatic rings. The third-order valence-electron chi connectivity index (χ3n) is 3.78. The maximum atomic E-state index is 6.26. The fourth-order valence-corrected chi connectivity index (χ4v) is 2.51. The molecule has 1 aromatic rings. The zero-order chi connectivity index (χ0) is 12.5. The second-order valence-electron chi connectivity index (χ2n) is 5.48. The van der Waals surface area contributed by atoms with Gasteiger partial charge >= 0.3 is 0 Å². The molecule has 0 atom stereocenters. The van der Waals surface area contributed by atoms with Gasteiger partial charge in [0.05, 0.1) is 10.7 Å². The molecule has 18 heavy (non-hydrogen) atoms. The lowest BCUT2D eigenvalue weighted by Crippen LogP contribution is -2.28. The highest BCUT2D eigenvalue weighted by molar-refractivity contribution is 6.31. The van der Waals surface area contributed by atoms with Crippen LogP contribution in [0.15, 0.2) is 12.1 Å². The summed E-state index contributed by atoms with van der Waals surface area (Å²) in [6.45, 7) is 2.13. The first kappa shape index (κ1) is 12.2. The molecule has 2 fully saturated rings. The third kappa shape index (κ3) is 2.96. The van der Waals surface area contributed by atoms with E-state index in [4.69, 9.17) is 11.6 Å². The van der Waals surface area contributed by atoms with E-state index < -0.39 is 0 Å². The van der Waals surface area contributed by atoms with Crippen LogP contribution in [-0.4, -0.2) is 29.5 Å². The van der Waals surface area contributed by atoms with E-state index in [2.05, 4.69) is 15.2 Å². The molecule has 1 N–H and O–H groups in total. The maximum absolute atomic E-state index is 6.26. The van der Waals surface area contributed by atoms with E-state index in [1.807, 2.05) is 19.2 Å². The van der Waals surface area contributed by atoms with Gasteiger partial charge in [-0.15, -0.1) is 0 Å². The summed E-state index contributed by atoms with van der Waals surface area (Å²) in [5.41, 5.74) is 1.01. The average Bonchev–Trinajstić information content (AvgIpc) is 3.24. The quantitative estimate of drug-likeness (QED) is 0.856. The van der Waals surface area contributed by atoms with E-state index >= 15 is 0 Å². The molecule has 0 aromatic carbocycles. The molecule has 0 unspecified atom stereocenters. The average molecular weight is 266 g/mol. The highest BCUT2D eigenvalue weighted by Gasteiger charge is 2.34. The Bertz CT molecular complexity index is 427. The van der Waals surface area contributed by atoms with Crippen molar-refractivity contribution < 1.29 is 0 Å². The standard InChI is InChI=1S/C14H20ClN3/c1-16-14-7-6-12(15)13(17-14)9-18(11-4-5-11)8-10-2-3-10/h6-7,10-11H,2-5,8-9H2,1H3,(H,16,17). The molecular weight excluding hydrogens is 246 g/mol. The Labute approximate surface area is 114 Å². The molecule has 2 aliphatic carbocycles. The SMILES string of the molecule is CNc1ccc(Cl)c(CN(CC2CC2)C2CC2)n1. The third-order valence-corrected chi connectivity index (χ3v) is 4.12. The second kappa shape index (κ2) is 5.06. The van der Waals surface area contributed by atoms with Gasteiger partial charge in [0.15, 0.2) is 0 Å². The van der Waals surface area contributed by atoms with Gasteiger partial charge in [-0.05, 0) is 43.7 Å². The molecule has 1 heterocycles. The number of hydrogen-bond donors (Lipinski definition) is 1. The molecule has 3 nitrogen and oxygen atoms in total. The number of pyridine rings is 1. The van der Waals surface area contributed by atoms with Crippen LogP contribution in [0.2, 0.25) is 5.02 Å². The van der Waals surface area contributed by atoms with E-state index in [9.17, 15) is 0 Å². The van der Waals surface area contributed by atoms with Gasteiger partial charge in [-0.1, -0.05) is 11.6 Å². The summed E-state index contributed by atoms with van der Waals surface area (Å²) in [5.74, 6) is 1.83. The molecule has 4 heteroatoms. The number of halogens is 1. The lowest BCUT2D eigenvalue weighted by molar-refractivity contribution is 0.241. The number of nitrogens with zero attached hydrogens (tertiary/aromatic N) is 2. The lowest BCUT2D eigenvalue weighted by atomic mass is 10.3. The van der Waals surface area contributed by atoms with Crippen LogP contribution in [0.5, 0.6) is 0 Å². The van der Waals surface area contributed by atoms with E-state index in [-0.39, 0.29) is 0 Å². The Balaban J connectivity index is 1.71. The van der Waals surface area contributed by atoms with Crippen molar-refractivity contribution in [3.63, 3.8) is 0 Å². The second-order valence-corrected chi connectivity index (χ2v) is 5.89. The molecule has 1 aromatic heterocycles. The molecule has 0 spiro atoms. The van der Waals surface area contributed by atoms with Crippen LogP contribution in [0.1, 0.15) is 31.4 Å². The first-order chi connectivity index (χ1) is 8.76. The van der Waals surface area contributed by atoms with Crippen LogP contribution >= 0.6 is 11.6 Å². The summed E-state index contributed by atoms with van der Waals surface area (Å²) in [7, 11) is 1.89. The van der Waals surface area contributed by atoms with Crippen molar-refractivity contribution in [1.29, 1.82) is 0 Å². The molecule has 98 valence electrons. The minimum Gasteiger partial charge on any atom is -0.373 e.